The van der Waals surface area contributed by atoms with Crippen molar-refractivity contribution in [3.05, 3.63) is 95.7 Å². The number of aromatic nitrogens is 1. The molecule has 0 saturated carbocycles. The maximum atomic E-state index is 12.9. The van der Waals surface area contributed by atoms with Crippen LogP contribution in [-0.2, 0) is 28.8 Å². The number of H-pyrrole nitrogens is 1. The van der Waals surface area contributed by atoms with Gasteiger partial charge in [0.2, 0.25) is 0 Å². The number of hydrogen-bond acceptors (Lipinski definition) is 6. The number of aromatic amines is 1. The van der Waals surface area contributed by atoms with Gasteiger partial charge < -0.3 is 29.8 Å². The van der Waals surface area contributed by atoms with Crippen molar-refractivity contribution in [2.75, 3.05) is 34.4 Å². The van der Waals surface area contributed by atoms with Crippen molar-refractivity contribution in [3.63, 3.8) is 0 Å². The lowest BCUT2D eigenvalue weighted by Gasteiger charge is -2.24. The smallest absolute Gasteiger partial charge is 0.323 e. The normalized spacial score (nSPS) is 12.9. The fourth-order valence-corrected chi connectivity index (χ4v) is 4.45. The van der Waals surface area contributed by atoms with Gasteiger partial charge in [-0.3, -0.25) is 4.79 Å². The Morgan fingerprint density at radius 2 is 1.71 bits per heavy atom. The van der Waals surface area contributed by atoms with Crippen molar-refractivity contribution in [2.45, 2.75) is 31.4 Å². The summed E-state index contributed by atoms with van der Waals surface area (Å²) in [5.41, 5.74) is 10.5. The second kappa shape index (κ2) is 13.1. The third-order valence-corrected chi connectivity index (χ3v) is 6.42. The molecule has 4 rings (SSSR count). The lowest BCUT2D eigenvalue weighted by molar-refractivity contribution is -0.152. The highest BCUT2D eigenvalue weighted by Crippen LogP contribution is 2.22. The summed E-state index contributed by atoms with van der Waals surface area (Å²) in [6, 6.07) is 25.3. The summed E-state index contributed by atoms with van der Waals surface area (Å²) in [6.07, 6.45) is 1.62. The zero-order chi connectivity index (χ0) is 26.9. The number of esters is 1. The van der Waals surface area contributed by atoms with E-state index >= 15 is 0 Å². The summed E-state index contributed by atoms with van der Waals surface area (Å²) in [5.74, 6) is 1.20. The van der Waals surface area contributed by atoms with Crippen LogP contribution in [0.25, 0.3) is 10.9 Å². The first-order valence-corrected chi connectivity index (χ1v) is 12.9. The van der Waals surface area contributed by atoms with Gasteiger partial charge in [0.15, 0.2) is 0 Å². The number of benzene rings is 3. The Bertz CT molecular complexity index is 1280. The molecule has 38 heavy (non-hydrogen) atoms. The molecule has 0 aliphatic carbocycles. The van der Waals surface area contributed by atoms with E-state index in [2.05, 4.69) is 23.2 Å². The van der Waals surface area contributed by atoms with Crippen LogP contribution in [0.5, 0.6) is 11.5 Å². The molecule has 3 aromatic carbocycles. The van der Waals surface area contributed by atoms with Gasteiger partial charge in [-0.25, -0.2) is 0 Å². The number of para-hydroxylation sites is 2. The maximum Gasteiger partial charge on any atom is 0.323 e. The van der Waals surface area contributed by atoms with Crippen LogP contribution in [0, 0.1) is 0 Å². The van der Waals surface area contributed by atoms with E-state index in [9.17, 15) is 4.79 Å². The Hall–Kier alpha value is -3.81. The van der Waals surface area contributed by atoms with Gasteiger partial charge in [0.1, 0.15) is 30.3 Å². The number of methoxy groups -OCH3 is 1. The van der Waals surface area contributed by atoms with Crippen LogP contribution in [0.3, 0.4) is 0 Å². The SMILES string of the molecule is COc1ccc(CCc2ccccc2OCC(CN(C)C)OC(=O)[C@H](N)Cc2cc3ccccc3[nH]2)cc1. The minimum atomic E-state index is -0.774. The number of nitrogens with two attached hydrogens (primary N) is 1. The predicted octanol–water partition coefficient (Wildman–Crippen LogP) is 4.38. The van der Waals surface area contributed by atoms with Gasteiger partial charge in [-0.1, -0.05) is 48.5 Å². The van der Waals surface area contributed by atoms with Crippen LogP contribution < -0.4 is 15.2 Å². The number of aryl methyl sites for hydroxylation is 2. The number of likely N-dealkylation sites (N-methyl/N-ethyl adjacent to an activating group) is 1. The van der Waals surface area contributed by atoms with Crippen LogP contribution in [-0.4, -0.2) is 62.4 Å². The Kier molecular flexibility index (Phi) is 9.40. The number of rotatable bonds is 13. The lowest BCUT2D eigenvalue weighted by Crippen LogP contribution is -2.41. The Morgan fingerprint density at radius 1 is 0.974 bits per heavy atom. The zero-order valence-electron chi connectivity index (χ0n) is 22.4. The van der Waals surface area contributed by atoms with Gasteiger partial charge in [-0.05, 0) is 73.8 Å². The fraction of sp³-hybridized carbons (Fsp3) is 0.323. The van der Waals surface area contributed by atoms with Gasteiger partial charge in [0.25, 0.3) is 0 Å². The number of ether oxygens (including phenoxy) is 3. The first kappa shape index (κ1) is 27.2. The third-order valence-electron chi connectivity index (χ3n) is 6.42. The lowest BCUT2D eigenvalue weighted by atomic mass is 10.0. The molecule has 0 saturated heterocycles. The van der Waals surface area contributed by atoms with E-state index in [0.29, 0.717) is 13.0 Å². The van der Waals surface area contributed by atoms with Crippen molar-refractivity contribution in [3.8, 4) is 11.5 Å². The van der Waals surface area contributed by atoms with Gasteiger partial charge in [0.05, 0.1) is 7.11 Å². The maximum absolute atomic E-state index is 12.9. The average Bonchev–Trinajstić information content (AvgIpc) is 3.33. The number of fused-ring (bicyclic) bond motifs is 1. The Morgan fingerprint density at radius 3 is 2.45 bits per heavy atom. The monoisotopic (exact) mass is 515 g/mol. The summed E-state index contributed by atoms with van der Waals surface area (Å²) in [7, 11) is 5.54. The number of carbonyl (C=O) groups excluding carboxylic acids is 1. The molecule has 0 bridgehead atoms. The second-order valence-electron chi connectivity index (χ2n) is 9.78. The number of nitrogens with one attached hydrogen (secondary N) is 1. The molecule has 1 heterocycles. The van der Waals surface area contributed by atoms with Crippen molar-refractivity contribution < 1.29 is 19.0 Å². The molecule has 4 aromatic rings. The van der Waals surface area contributed by atoms with E-state index in [0.717, 1.165) is 46.5 Å². The second-order valence-corrected chi connectivity index (χ2v) is 9.78. The molecule has 200 valence electrons. The minimum absolute atomic E-state index is 0.239. The quantitative estimate of drug-likeness (QED) is 0.257. The molecular weight excluding hydrogens is 478 g/mol. The molecule has 1 aromatic heterocycles. The largest absolute Gasteiger partial charge is 0.497 e. The molecule has 2 atom stereocenters. The van der Waals surface area contributed by atoms with Crippen LogP contribution >= 0.6 is 0 Å². The van der Waals surface area contributed by atoms with Crippen molar-refractivity contribution >= 4 is 16.9 Å². The summed E-state index contributed by atoms with van der Waals surface area (Å²) < 4.78 is 17.3. The average molecular weight is 516 g/mol. The molecule has 0 fully saturated rings. The highest BCUT2D eigenvalue weighted by atomic mass is 16.6. The summed E-state index contributed by atoms with van der Waals surface area (Å²) in [6.45, 7) is 0.765. The molecule has 0 aliphatic rings. The van der Waals surface area contributed by atoms with Crippen LogP contribution in [0.1, 0.15) is 16.8 Å². The van der Waals surface area contributed by atoms with Crippen molar-refractivity contribution in [2.24, 2.45) is 5.73 Å². The van der Waals surface area contributed by atoms with Crippen molar-refractivity contribution in [1.82, 2.24) is 9.88 Å². The van der Waals surface area contributed by atoms with Gasteiger partial charge in [-0.2, -0.15) is 0 Å². The summed E-state index contributed by atoms with van der Waals surface area (Å²) in [5, 5.41) is 1.09. The van der Waals surface area contributed by atoms with E-state index in [1.165, 1.54) is 5.56 Å². The van der Waals surface area contributed by atoms with Crippen LogP contribution in [0.2, 0.25) is 0 Å². The molecule has 7 nitrogen and oxygen atoms in total. The number of nitrogens with zero attached hydrogens (tertiary/aromatic N) is 1. The topological polar surface area (TPSA) is 89.8 Å². The Balaban J connectivity index is 1.34. The van der Waals surface area contributed by atoms with E-state index in [-0.39, 0.29) is 6.61 Å². The standard InChI is InChI=1S/C31H37N3O4/c1-34(2)20-27(38-31(35)28(32)19-25-18-24-9-4-6-10-29(24)33-25)21-37-30-11-7-5-8-23(30)15-12-22-13-16-26(36-3)17-14-22/h4-11,13-14,16-18,27-28,33H,12,15,19-21,32H2,1-3H3/t27?,28-/m1/s1. The molecule has 0 spiro atoms. The highest BCUT2D eigenvalue weighted by molar-refractivity contribution is 5.81. The number of hydrogen-bond donors (Lipinski definition) is 2. The molecule has 3 N–H and O–H groups in total. The van der Waals surface area contributed by atoms with Crippen LogP contribution in [0.4, 0.5) is 0 Å². The predicted molar refractivity (Wildman–Crippen MR) is 151 cm³/mol. The first-order chi connectivity index (χ1) is 18.4. The van der Waals surface area contributed by atoms with Crippen molar-refractivity contribution in [1.29, 1.82) is 0 Å². The van der Waals surface area contributed by atoms with Crippen LogP contribution in [0.15, 0.2) is 78.9 Å². The molecule has 7 heteroatoms. The minimum Gasteiger partial charge on any atom is -0.497 e. The molecule has 0 amide bonds. The zero-order valence-corrected chi connectivity index (χ0v) is 22.4. The summed E-state index contributed by atoms with van der Waals surface area (Å²) in [4.78, 5) is 18.2. The van der Waals surface area contributed by atoms with E-state index < -0.39 is 18.1 Å². The molecule has 1 unspecified atom stereocenters. The van der Waals surface area contributed by atoms with E-state index in [1.54, 1.807) is 7.11 Å². The molecule has 0 aliphatic heterocycles. The highest BCUT2D eigenvalue weighted by Gasteiger charge is 2.23. The third kappa shape index (κ3) is 7.60. The first-order valence-electron chi connectivity index (χ1n) is 12.9. The van der Waals surface area contributed by atoms with Gasteiger partial charge in [-0.15, -0.1) is 0 Å². The summed E-state index contributed by atoms with van der Waals surface area (Å²) >= 11 is 0. The van der Waals surface area contributed by atoms with E-state index in [4.69, 9.17) is 19.9 Å². The molecular formula is C31H37N3O4. The van der Waals surface area contributed by atoms with Gasteiger partial charge >= 0.3 is 5.97 Å². The van der Waals surface area contributed by atoms with E-state index in [1.807, 2.05) is 79.7 Å². The molecule has 0 radical (unpaired) electrons. The fourth-order valence-electron chi connectivity index (χ4n) is 4.45. The Labute approximate surface area is 224 Å². The number of carbonyl (C=O) groups is 1. The van der Waals surface area contributed by atoms with Gasteiger partial charge in [0, 0.05) is 24.2 Å².